The van der Waals surface area contributed by atoms with E-state index < -0.39 is 0 Å². The van der Waals surface area contributed by atoms with Crippen LogP contribution in [0.1, 0.15) is 32.1 Å². The van der Waals surface area contributed by atoms with Gasteiger partial charge >= 0.3 is 0 Å². The van der Waals surface area contributed by atoms with Crippen molar-refractivity contribution in [1.29, 1.82) is 0 Å². The zero-order valence-electron chi connectivity index (χ0n) is 10.0. The first-order valence-corrected chi connectivity index (χ1v) is 6.46. The molecule has 3 aliphatic rings. The minimum Gasteiger partial charge on any atom is -0.347 e. The summed E-state index contributed by atoms with van der Waals surface area (Å²) < 4.78 is 11.6. The first-order valence-electron chi connectivity index (χ1n) is 6.46. The number of ether oxygens (including phenoxy) is 2. The summed E-state index contributed by atoms with van der Waals surface area (Å²) in [6.07, 6.45) is 5.58. The van der Waals surface area contributed by atoms with Crippen molar-refractivity contribution in [1.82, 2.24) is 4.90 Å². The smallest absolute Gasteiger partial charge is 0.170 e. The van der Waals surface area contributed by atoms with Crippen LogP contribution in [0.3, 0.4) is 0 Å². The van der Waals surface area contributed by atoms with Crippen LogP contribution >= 0.6 is 0 Å². The highest BCUT2D eigenvalue weighted by molar-refractivity contribution is 4.98. The number of hydrogen-bond acceptors (Lipinski definition) is 4. The Balaban J connectivity index is 1.70. The van der Waals surface area contributed by atoms with Gasteiger partial charge in [0.1, 0.15) is 0 Å². The van der Waals surface area contributed by atoms with Gasteiger partial charge in [-0.15, -0.1) is 0 Å². The van der Waals surface area contributed by atoms with Crippen LogP contribution < -0.4 is 5.73 Å². The Bertz CT molecular complexity index is 262. The molecule has 0 aromatic rings. The van der Waals surface area contributed by atoms with Crippen LogP contribution in [0.4, 0.5) is 0 Å². The molecule has 2 saturated carbocycles. The van der Waals surface area contributed by atoms with Crippen molar-refractivity contribution in [3.05, 3.63) is 0 Å². The quantitative estimate of drug-likeness (QED) is 0.753. The summed E-state index contributed by atoms with van der Waals surface area (Å²) >= 11 is 0. The maximum absolute atomic E-state index is 6.24. The van der Waals surface area contributed by atoms with Crippen LogP contribution in [-0.2, 0) is 9.47 Å². The van der Waals surface area contributed by atoms with E-state index in [2.05, 4.69) is 11.9 Å². The second kappa shape index (κ2) is 3.95. The summed E-state index contributed by atoms with van der Waals surface area (Å²) in [6, 6.07) is 1.47. The van der Waals surface area contributed by atoms with Gasteiger partial charge in [-0.25, -0.2) is 0 Å². The number of nitrogens with two attached hydrogens (primary N) is 1. The lowest BCUT2D eigenvalue weighted by atomic mass is 9.85. The van der Waals surface area contributed by atoms with Crippen molar-refractivity contribution in [2.45, 2.75) is 56.0 Å². The van der Waals surface area contributed by atoms with E-state index in [-0.39, 0.29) is 11.8 Å². The third-order valence-corrected chi connectivity index (χ3v) is 4.33. The van der Waals surface area contributed by atoms with Crippen LogP contribution in [0.25, 0.3) is 0 Å². The maximum Gasteiger partial charge on any atom is 0.170 e. The Morgan fingerprint density at radius 3 is 2.50 bits per heavy atom. The van der Waals surface area contributed by atoms with E-state index in [9.17, 15) is 0 Å². The molecule has 0 aromatic heterocycles. The molecule has 16 heavy (non-hydrogen) atoms. The summed E-state index contributed by atoms with van der Waals surface area (Å²) in [5.74, 6) is -0.302. The fraction of sp³-hybridized carbons (Fsp3) is 1.00. The molecule has 4 heteroatoms. The first-order chi connectivity index (χ1) is 7.70. The first kappa shape index (κ1) is 11.0. The lowest BCUT2D eigenvalue weighted by Gasteiger charge is -2.43. The van der Waals surface area contributed by atoms with Crippen molar-refractivity contribution >= 4 is 0 Å². The summed E-state index contributed by atoms with van der Waals surface area (Å²) in [6.45, 7) is 1.49. The fourth-order valence-electron chi connectivity index (χ4n) is 3.11. The van der Waals surface area contributed by atoms with Gasteiger partial charge in [-0.3, -0.25) is 4.90 Å². The van der Waals surface area contributed by atoms with Gasteiger partial charge in [0.2, 0.25) is 0 Å². The highest BCUT2D eigenvalue weighted by Gasteiger charge is 2.47. The van der Waals surface area contributed by atoms with E-state index in [1.807, 2.05) is 0 Å². The van der Waals surface area contributed by atoms with E-state index >= 15 is 0 Å². The largest absolute Gasteiger partial charge is 0.347 e. The van der Waals surface area contributed by atoms with Crippen LogP contribution in [0.2, 0.25) is 0 Å². The molecule has 0 amide bonds. The van der Waals surface area contributed by atoms with Crippen molar-refractivity contribution < 1.29 is 9.47 Å². The Morgan fingerprint density at radius 1 is 1.19 bits per heavy atom. The molecule has 2 aliphatic carbocycles. The van der Waals surface area contributed by atoms with Gasteiger partial charge in [0.25, 0.3) is 0 Å². The predicted molar refractivity (Wildman–Crippen MR) is 61.0 cm³/mol. The highest BCUT2D eigenvalue weighted by Crippen LogP contribution is 2.39. The molecule has 1 spiro atoms. The van der Waals surface area contributed by atoms with E-state index in [4.69, 9.17) is 15.2 Å². The van der Waals surface area contributed by atoms with E-state index in [0.29, 0.717) is 6.04 Å². The molecule has 1 heterocycles. The van der Waals surface area contributed by atoms with Crippen LogP contribution in [-0.4, -0.2) is 49.1 Å². The van der Waals surface area contributed by atoms with Crippen LogP contribution in [0.5, 0.6) is 0 Å². The molecule has 2 N–H and O–H groups in total. The highest BCUT2D eigenvalue weighted by atomic mass is 16.7. The Morgan fingerprint density at radius 2 is 1.88 bits per heavy atom. The molecule has 2 atom stereocenters. The Kier molecular flexibility index (Phi) is 2.70. The molecule has 0 aromatic carbocycles. The minimum absolute atomic E-state index is 0.282. The summed E-state index contributed by atoms with van der Waals surface area (Å²) in [5.41, 5.74) is 6.24. The SMILES string of the molecule is CN(C1CC1)C1CC2(CCC1N)OCCO2. The average Bonchev–Trinajstić information content (AvgIpc) is 3.04. The van der Waals surface area contributed by atoms with Gasteiger partial charge in [0.15, 0.2) is 5.79 Å². The van der Waals surface area contributed by atoms with Crippen molar-refractivity contribution in [3.8, 4) is 0 Å². The normalized spacial score (nSPS) is 38.4. The average molecular weight is 226 g/mol. The summed E-state index contributed by atoms with van der Waals surface area (Å²) in [7, 11) is 2.20. The van der Waals surface area contributed by atoms with Crippen molar-refractivity contribution in [2.24, 2.45) is 5.73 Å². The fourth-order valence-corrected chi connectivity index (χ4v) is 3.11. The molecular weight excluding hydrogens is 204 g/mol. The second-order valence-electron chi connectivity index (χ2n) is 5.48. The lowest BCUT2D eigenvalue weighted by Crippen LogP contribution is -2.55. The molecule has 3 rings (SSSR count). The number of nitrogens with zero attached hydrogens (tertiary/aromatic N) is 1. The van der Waals surface area contributed by atoms with E-state index in [1.165, 1.54) is 12.8 Å². The molecule has 3 fully saturated rings. The van der Waals surface area contributed by atoms with E-state index in [1.54, 1.807) is 0 Å². The van der Waals surface area contributed by atoms with Gasteiger partial charge in [0.05, 0.1) is 13.2 Å². The molecule has 0 bridgehead atoms. The zero-order valence-corrected chi connectivity index (χ0v) is 10.0. The summed E-state index contributed by atoms with van der Waals surface area (Å²) in [5, 5.41) is 0. The van der Waals surface area contributed by atoms with Crippen molar-refractivity contribution in [3.63, 3.8) is 0 Å². The Hall–Kier alpha value is -0.160. The molecule has 1 aliphatic heterocycles. The third-order valence-electron chi connectivity index (χ3n) is 4.33. The standard InChI is InChI=1S/C12H22N2O2/c1-14(9-2-3-9)11-8-12(5-4-10(11)13)15-6-7-16-12/h9-11H,2-8,13H2,1H3. The van der Waals surface area contributed by atoms with Crippen LogP contribution in [0, 0.1) is 0 Å². The zero-order chi connectivity index (χ0) is 11.2. The maximum atomic E-state index is 6.24. The van der Waals surface area contributed by atoms with Crippen molar-refractivity contribution in [2.75, 3.05) is 20.3 Å². The van der Waals surface area contributed by atoms with Gasteiger partial charge in [-0.2, -0.15) is 0 Å². The molecule has 0 radical (unpaired) electrons. The lowest BCUT2D eigenvalue weighted by molar-refractivity contribution is -0.191. The molecule has 4 nitrogen and oxygen atoms in total. The third kappa shape index (κ3) is 1.88. The second-order valence-corrected chi connectivity index (χ2v) is 5.48. The molecular formula is C12H22N2O2. The molecule has 2 unspecified atom stereocenters. The number of likely N-dealkylation sites (N-methyl/N-ethyl adjacent to an activating group) is 1. The number of rotatable bonds is 2. The van der Waals surface area contributed by atoms with Gasteiger partial charge in [-0.05, 0) is 26.3 Å². The van der Waals surface area contributed by atoms with Gasteiger partial charge < -0.3 is 15.2 Å². The van der Waals surface area contributed by atoms with Crippen LogP contribution in [0.15, 0.2) is 0 Å². The van der Waals surface area contributed by atoms with Gasteiger partial charge in [-0.1, -0.05) is 0 Å². The molecule has 92 valence electrons. The van der Waals surface area contributed by atoms with E-state index in [0.717, 1.165) is 38.5 Å². The predicted octanol–water partition coefficient (Wildman–Crippen LogP) is 0.704. The number of hydrogen-bond donors (Lipinski definition) is 1. The Labute approximate surface area is 97.1 Å². The van der Waals surface area contributed by atoms with Gasteiger partial charge in [0, 0.05) is 31.0 Å². The monoisotopic (exact) mass is 226 g/mol. The molecule has 1 saturated heterocycles. The topological polar surface area (TPSA) is 47.7 Å². The minimum atomic E-state index is -0.302. The summed E-state index contributed by atoms with van der Waals surface area (Å²) in [4.78, 5) is 2.45.